The number of hydrogen-bond donors (Lipinski definition) is 0. The largest absolute Gasteiger partial charge is 0.462 e. The van der Waals surface area contributed by atoms with Crippen LogP contribution in [0.4, 0.5) is 10.2 Å². The Bertz CT molecular complexity index is 1790. The molecule has 1 amide bonds. The molecule has 44 heavy (non-hydrogen) atoms. The third kappa shape index (κ3) is 5.51. The molecule has 12 heteroatoms. The number of nitrogens with zero attached hydrogens (tertiary/aromatic N) is 7. The average molecular weight is 732 g/mol. The second kappa shape index (κ2) is 11.7. The molecule has 0 aliphatic carbocycles. The van der Waals surface area contributed by atoms with Crippen LogP contribution in [0.25, 0.3) is 32.9 Å². The standard InChI is InChI=1S/C32H36ClFIN7O2/c1-7-24(43)41-14-20(4)42(15-19(41)3)30-22-12-23(33)26(25-18(2)8-9-21-13-36-39(6)29(21)25)27(34)28(22)37-31(38-30)44-11-10-40-16-32(5,35)17-40/h7-9,12-13,19-20H,1,10-11,14-17H2,2-6H3/t19-,20+/m1/s1. The molecule has 2 aliphatic rings. The van der Waals surface area contributed by atoms with Crippen LogP contribution in [0.15, 0.2) is 37.1 Å². The van der Waals surface area contributed by atoms with Gasteiger partial charge < -0.3 is 14.5 Å². The lowest BCUT2D eigenvalue weighted by molar-refractivity contribution is -0.128. The number of carbonyl (C=O) groups is 1. The minimum Gasteiger partial charge on any atom is -0.462 e. The van der Waals surface area contributed by atoms with E-state index < -0.39 is 5.82 Å². The SMILES string of the molecule is C=CC(=O)N1C[C@H](C)N(c2nc(OCCN3CC(C)(I)C3)nc3c(F)c(-c4c(C)ccc5cnn(C)c45)c(Cl)cc23)C[C@H]1C. The first-order valence-electron chi connectivity index (χ1n) is 14.7. The smallest absolute Gasteiger partial charge is 0.319 e. The number of alkyl halides is 1. The van der Waals surface area contributed by atoms with Gasteiger partial charge in [-0.15, -0.1) is 0 Å². The fourth-order valence-corrected chi connectivity index (χ4v) is 7.76. The summed E-state index contributed by atoms with van der Waals surface area (Å²) in [7, 11) is 1.84. The van der Waals surface area contributed by atoms with Gasteiger partial charge in [0.1, 0.15) is 17.9 Å². The van der Waals surface area contributed by atoms with Gasteiger partial charge in [-0.1, -0.05) is 52.9 Å². The van der Waals surface area contributed by atoms with Crippen LogP contribution < -0.4 is 9.64 Å². The summed E-state index contributed by atoms with van der Waals surface area (Å²) in [6.45, 7) is 15.9. The number of carbonyl (C=O) groups excluding carboxylic acids is 1. The molecule has 0 bridgehead atoms. The minimum atomic E-state index is -0.539. The van der Waals surface area contributed by atoms with Gasteiger partial charge in [0.2, 0.25) is 5.91 Å². The minimum absolute atomic E-state index is 0.109. The Hall–Kier alpha value is -3.03. The molecule has 0 radical (unpaired) electrons. The normalized spacial score (nSPS) is 20.3. The van der Waals surface area contributed by atoms with Crippen LogP contribution in [-0.4, -0.2) is 90.3 Å². The van der Waals surface area contributed by atoms with Gasteiger partial charge in [0.25, 0.3) is 0 Å². The van der Waals surface area contributed by atoms with Gasteiger partial charge in [0.15, 0.2) is 5.82 Å². The first-order chi connectivity index (χ1) is 20.9. The molecule has 6 rings (SSSR count). The molecule has 9 nitrogen and oxygen atoms in total. The Kier molecular flexibility index (Phi) is 8.25. The highest BCUT2D eigenvalue weighted by Crippen LogP contribution is 2.43. The highest BCUT2D eigenvalue weighted by molar-refractivity contribution is 14.1. The highest BCUT2D eigenvalue weighted by atomic mass is 127. The van der Waals surface area contributed by atoms with Crippen molar-refractivity contribution in [3.8, 4) is 17.1 Å². The molecular weight excluding hydrogens is 696 g/mol. The Morgan fingerprint density at radius 2 is 1.98 bits per heavy atom. The molecule has 4 aromatic rings. The number of anilines is 1. The van der Waals surface area contributed by atoms with E-state index in [2.05, 4.69) is 56.0 Å². The monoisotopic (exact) mass is 731 g/mol. The molecule has 232 valence electrons. The Labute approximate surface area is 275 Å². The van der Waals surface area contributed by atoms with Crippen molar-refractivity contribution >= 4 is 67.7 Å². The van der Waals surface area contributed by atoms with E-state index in [0.29, 0.717) is 36.5 Å². The topological polar surface area (TPSA) is 79.6 Å². The summed E-state index contributed by atoms with van der Waals surface area (Å²) in [6, 6.07) is 5.54. The number of aryl methyl sites for hydroxylation is 2. The van der Waals surface area contributed by atoms with Crippen molar-refractivity contribution in [2.75, 3.05) is 44.2 Å². The number of benzene rings is 2. The van der Waals surface area contributed by atoms with Crippen LogP contribution in [0.3, 0.4) is 0 Å². The quantitative estimate of drug-likeness (QED) is 0.136. The number of piperazine rings is 1. The van der Waals surface area contributed by atoms with Gasteiger partial charge in [-0.3, -0.25) is 14.4 Å². The maximum atomic E-state index is 16.9. The van der Waals surface area contributed by atoms with Crippen LogP contribution in [0, 0.1) is 12.7 Å². The van der Waals surface area contributed by atoms with Crippen LogP contribution in [0.5, 0.6) is 6.01 Å². The summed E-state index contributed by atoms with van der Waals surface area (Å²) in [5.74, 6) is -0.128. The first-order valence-corrected chi connectivity index (χ1v) is 16.2. The lowest BCUT2D eigenvalue weighted by Crippen LogP contribution is -2.58. The number of amides is 1. The second-order valence-corrected chi connectivity index (χ2v) is 15.3. The van der Waals surface area contributed by atoms with Gasteiger partial charge in [0, 0.05) is 77.2 Å². The van der Waals surface area contributed by atoms with E-state index in [9.17, 15) is 4.79 Å². The van der Waals surface area contributed by atoms with Crippen molar-refractivity contribution in [1.29, 1.82) is 0 Å². The number of aromatic nitrogens is 4. The molecule has 4 heterocycles. The van der Waals surface area contributed by atoms with Crippen LogP contribution >= 0.6 is 34.2 Å². The first kappa shape index (κ1) is 31.0. The summed E-state index contributed by atoms with van der Waals surface area (Å²) in [5, 5.41) is 6.04. The number of ether oxygens (including phenoxy) is 1. The molecule has 0 unspecified atom stereocenters. The molecule has 0 spiro atoms. The molecule has 2 fully saturated rings. The predicted octanol–water partition coefficient (Wildman–Crippen LogP) is 5.78. The highest BCUT2D eigenvalue weighted by Gasteiger charge is 2.36. The van der Waals surface area contributed by atoms with Crippen molar-refractivity contribution in [3.05, 3.63) is 53.5 Å². The molecule has 2 atom stereocenters. The number of halogens is 3. The zero-order valence-electron chi connectivity index (χ0n) is 25.6. The summed E-state index contributed by atoms with van der Waals surface area (Å²) < 4.78 is 25.0. The van der Waals surface area contributed by atoms with E-state index in [-0.39, 0.29) is 43.5 Å². The second-order valence-electron chi connectivity index (χ2n) is 12.3. The van der Waals surface area contributed by atoms with Gasteiger partial charge >= 0.3 is 6.01 Å². The zero-order chi connectivity index (χ0) is 31.5. The summed E-state index contributed by atoms with van der Waals surface area (Å²) in [4.78, 5) is 28.2. The Balaban J connectivity index is 1.47. The van der Waals surface area contributed by atoms with Gasteiger partial charge in [-0.2, -0.15) is 15.1 Å². The fraction of sp³-hybridized carbons (Fsp3) is 0.438. The van der Waals surface area contributed by atoms with E-state index >= 15 is 4.39 Å². The van der Waals surface area contributed by atoms with Crippen molar-refractivity contribution in [2.45, 2.75) is 43.2 Å². The maximum Gasteiger partial charge on any atom is 0.319 e. The summed E-state index contributed by atoms with van der Waals surface area (Å²) >= 11 is 9.43. The maximum absolute atomic E-state index is 16.9. The van der Waals surface area contributed by atoms with E-state index in [4.69, 9.17) is 21.3 Å². The third-order valence-corrected chi connectivity index (χ3v) is 9.64. The number of rotatable bonds is 7. The van der Waals surface area contributed by atoms with Crippen molar-refractivity contribution in [1.82, 2.24) is 29.5 Å². The lowest BCUT2D eigenvalue weighted by atomic mass is 9.96. The fourth-order valence-electron chi connectivity index (χ4n) is 6.51. The van der Waals surface area contributed by atoms with Crippen LogP contribution in [-0.2, 0) is 11.8 Å². The Morgan fingerprint density at radius 1 is 1.23 bits per heavy atom. The summed E-state index contributed by atoms with van der Waals surface area (Å²) in [5.41, 5.74) is 2.74. The molecule has 2 aliphatic heterocycles. The number of hydrogen-bond acceptors (Lipinski definition) is 7. The van der Waals surface area contributed by atoms with E-state index in [1.165, 1.54) is 6.08 Å². The Morgan fingerprint density at radius 3 is 2.68 bits per heavy atom. The van der Waals surface area contributed by atoms with Gasteiger partial charge in [0.05, 0.1) is 16.7 Å². The molecule has 0 saturated carbocycles. The molecular formula is C32H36ClFIN7O2. The number of likely N-dealkylation sites (tertiary alicyclic amines) is 1. The van der Waals surface area contributed by atoms with Crippen LogP contribution in [0.2, 0.25) is 5.02 Å². The molecule has 2 aromatic heterocycles. The van der Waals surface area contributed by atoms with E-state index in [1.54, 1.807) is 21.8 Å². The van der Waals surface area contributed by atoms with Crippen molar-refractivity contribution < 1.29 is 13.9 Å². The molecule has 0 N–H and O–H groups in total. The number of fused-ring (bicyclic) bond motifs is 2. The van der Waals surface area contributed by atoms with Crippen molar-refractivity contribution in [2.24, 2.45) is 7.05 Å². The van der Waals surface area contributed by atoms with Gasteiger partial charge in [-0.25, -0.2) is 4.39 Å². The molecule has 2 aromatic carbocycles. The third-order valence-electron chi connectivity index (χ3n) is 8.66. The molecule has 2 saturated heterocycles. The zero-order valence-corrected chi connectivity index (χ0v) is 28.5. The predicted molar refractivity (Wildman–Crippen MR) is 181 cm³/mol. The van der Waals surface area contributed by atoms with E-state index in [1.807, 2.05) is 40.0 Å². The lowest BCUT2D eigenvalue weighted by Gasteiger charge is -2.44. The van der Waals surface area contributed by atoms with Crippen LogP contribution in [0.1, 0.15) is 26.3 Å². The average Bonchev–Trinajstić information content (AvgIpc) is 3.34. The van der Waals surface area contributed by atoms with E-state index in [0.717, 1.165) is 36.1 Å². The summed E-state index contributed by atoms with van der Waals surface area (Å²) in [6.07, 6.45) is 3.10. The van der Waals surface area contributed by atoms with Gasteiger partial charge in [-0.05, 0) is 45.4 Å². The van der Waals surface area contributed by atoms with Crippen molar-refractivity contribution in [3.63, 3.8) is 0 Å².